The molecule has 3 heterocycles. The Morgan fingerprint density at radius 3 is 2.88 bits per heavy atom. The van der Waals surface area contributed by atoms with Gasteiger partial charge in [0.2, 0.25) is 5.88 Å². The number of aromatic nitrogens is 3. The Kier molecular flexibility index (Phi) is 4.62. The molecule has 2 N–H and O–H groups in total. The van der Waals surface area contributed by atoms with Gasteiger partial charge in [-0.2, -0.15) is 18.3 Å². The molecule has 0 bridgehead atoms. The molecule has 25 heavy (non-hydrogen) atoms. The summed E-state index contributed by atoms with van der Waals surface area (Å²) in [5.74, 6) is 0.413. The van der Waals surface area contributed by atoms with E-state index in [1.165, 1.54) is 4.90 Å². The maximum Gasteiger partial charge on any atom is 0.423 e. The fourth-order valence-electron chi connectivity index (χ4n) is 2.64. The van der Waals surface area contributed by atoms with Gasteiger partial charge in [-0.3, -0.25) is 4.79 Å². The maximum absolute atomic E-state index is 13.2. The summed E-state index contributed by atoms with van der Waals surface area (Å²) in [5, 5.41) is 8.27. The van der Waals surface area contributed by atoms with Gasteiger partial charge in [0.05, 0.1) is 24.1 Å². The Morgan fingerprint density at radius 2 is 2.16 bits per heavy atom. The second-order valence-corrected chi connectivity index (χ2v) is 5.52. The number of pyridine rings is 1. The van der Waals surface area contributed by atoms with Crippen molar-refractivity contribution in [2.45, 2.75) is 19.3 Å². The number of H-pyrrole nitrogens is 1. The highest BCUT2D eigenvalue weighted by Gasteiger charge is 2.39. The molecule has 0 saturated carbocycles. The highest BCUT2D eigenvalue weighted by atomic mass is 19.4. The molecule has 0 atom stereocenters. The molecular formula is C15H16F3N5O2. The lowest BCUT2D eigenvalue weighted by molar-refractivity contribution is -0.138. The lowest BCUT2D eigenvalue weighted by atomic mass is 10.2. The van der Waals surface area contributed by atoms with E-state index in [0.717, 1.165) is 11.8 Å². The number of alkyl halides is 3. The van der Waals surface area contributed by atoms with Crippen molar-refractivity contribution in [2.24, 2.45) is 0 Å². The van der Waals surface area contributed by atoms with E-state index in [1.807, 2.05) is 5.10 Å². The molecule has 7 nitrogen and oxygen atoms in total. The van der Waals surface area contributed by atoms with E-state index < -0.39 is 17.3 Å². The van der Waals surface area contributed by atoms with Crippen molar-refractivity contribution in [1.82, 2.24) is 20.5 Å². The van der Waals surface area contributed by atoms with Gasteiger partial charge in [-0.1, -0.05) is 0 Å². The number of hydrogen-bond acceptors (Lipinski definition) is 6. The molecule has 0 radical (unpaired) electrons. The quantitative estimate of drug-likeness (QED) is 0.787. The summed E-state index contributed by atoms with van der Waals surface area (Å²) in [6.07, 6.45) is -3.75. The highest BCUT2D eigenvalue weighted by molar-refractivity contribution is 5.55. The number of aromatic amines is 1. The van der Waals surface area contributed by atoms with Crippen LogP contribution in [0.4, 0.5) is 18.9 Å². The van der Waals surface area contributed by atoms with Crippen LogP contribution in [0.15, 0.2) is 23.1 Å². The normalized spacial score (nSPS) is 13.8. The van der Waals surface area contributed by atoms with Crippen LogP contribution < -0.4 is 20.5 Å². The third-order valence-electron chi connectivity index (χ3n) is 3.81. The number of anilines is 1. The van der Waals surface area contributed by atoms with Gasteiger partial charge in [0, 0.05) is 19.2 Å². The predicted molar refractivity (Wildman–Crippen MR) is 83.4 cm³/mol. The summed E-state index contributed by atoms with van der Waals surface area (Å²) in [6.45, 7) is 1.45. The summed E-state index contributed by atoms with van der Waals surface area (Å²) < 4.78 is 45.1. The number of rotatable bonds is 5. The Morgan fingerprint density at radius 1 is 1.36 bits per heavy atom. The van der Waals surface area contributed by atoms with Crippen LogP contribution in [0.3, 0.4) is 0 Å². The van der Waals surface area contributed by atoms with Crippen molar-refractivity contribution in [3.8, 4) is 5.88 Å². The predicted octanol–water partition coefficient (Wildman–Crippen LogP) is 1.30. The van der Waals surface area contributed by atoms with Crippen LogP contribution in [0.5, 0.6) is 5.88 Å². The lowest BCUT2D eigenvalue weighted by Crippen LogP contribution is -2.28. The molecule has 0 spiro atoms. The first-order valence-electron chi connectivity index (χ1n) is 7.56. The van der Waals surface area contributed by atoms with Gasteiger partial charge in [0.15, 0.2) is 0 Å². The van der Waals surface area contributed by atoms with Crippen LogP contribution in [0.1, 0.15) is 16.8 Å². The molecule has 0 saturated heterocycles. The third-order valence-corrected chi connectivity index (χ3v) is 3.81. The number of fused-ring (bicyclic) bond motifs is 1. The molecule has 0 aliphatic carbocycles. The van der Waals surface area contributed by atoms with Gasteiger partial charge in [-0.15, -0.1) is 0 Å². The van der Waals surface area contributed by atoms with Gasteiger partial charge in [0.1, 0.15) is 12.2 Å². The molecule has 10 heteroatoms. The number of nitrogens with one attached hydrogen (secondary N) is 2. The van der Waals surface area contributed by atoms with E-state index in [9.17, 15) is 18.0 Å². The molecular weight excluding hydrogens is 339 g/mol. The average molecular weight is 355 g/mol. The van der Waals surface area contributed by atoms with E-state index in [4.69, 9.17) is 4.74 Å². The molecule has 1 aliphatic heterocycles. The van der Waals surface area contributed by atoms with Crippen LogP contribution in [0.25, 0.3) is 0 Å². The molecule has 2 aromatic rings. The Labute approximate surface area is 140 Å². The monoisotopic (exact) mass is 355 g/mol. The number of nitrogens with zero attached hydrogens (tertiary/aromatic N) is 3. The fourth-order valence-corrected chi connectivity index (χ4v) is 2.64. The number of hydrogen-bond donors (Lipinski definition) is 2. The van der Waals surface area contributed by atoms with Gasteiger partial charge in [-0.25, -0.2) is 10.1 Å². The average Bonchev–Trinajstić information content (AvgIpc) is 2.97. The molecule has 2 aromatic heterocycles. The van der Waals surface area contributed by atoms with Crippen molar-refractivity contribution in [3.05, 3.63) is 45.5 Å². The summed E-state index contributed by atoms with van der Waals surface area (Å²) in [5.41, 5.74) is -1.36. The largest absolute Gasteiger partial charge is 0.476 e. The second-order valence-electron chi connectivity index (χ2n) is 5.52. The van der Waals surface area contributed by atoms with Crippen LogP contribution in [0.2, 0.25) is 0 Å². The first kappa shape index (κ1) is 17.2. The lowest BCUT2D eigenvalue weighted by Gasteiger charge is -2.20. The first-order chi connectivity index (χ1) is 11.9. The highest BCUT2D eigenvalue weighted by Crippen LogP contribution is 2.36. The van der Waals surface area contributed by atoms with Gasteiger partial charge >= 0.3 is 6.18 Å². The number of ether oxygens (including phenoxy) is 1. The van der Waals surface area contributed by atoms with Crippen LogP contribution in [-0.4, -0.2) is 35.4 Å². The van der Waals surface area contributed by atoms with Crippen LogP contribution >= 0.6 is 0 Å². The Hall–Kier alpha value is -2.62. The van der Waals surface area contributed by atoms with Gasteiger partial charge in [-0.05, 0) is 18.7 Å². The van der Waals surface area contributed by atoms with E-state index in [2.05, 4.69) is 15.4 Å². The van der Waals surface area contributed by atoms with Gasteiger partial charge in [0.25, 0.3) is 5.56 Å². The van der Waals surface area contributed by atoms with Crippen LogP contribution in [-0.2, 0) is 19.3 Å². The molecule has 0 unspecified atom stereocenters. The summed E-state index contributed by atoms with van der Waals surface area (Å²) >= 11 is 0. The zero-order chi connectivity index (χ0) is 18.0. The standard InChI is InChI=1S/C15H16F3N5O2/c1-19-4-5-25-12-3-2-9-7-23(8-10(9)21-12)11-6-20-22-14(24)13(11)15(16,17)18/h2-3,6,19H,4-5,7-8H2,1H3,(H,22,24). The van der Waals surface area contributed by atoms with E-state index in [-0.39, 0.29) is 18.8 Å². The van der Waals surface area contributed by atoms with E-state index >= 15 is 0 Å². The van der Waals surface area contributed by atoms with Gasteiger partial charge < -0.3 is 15.0 Å². The summed E-state index contributed by atoms with van der Waals surface area (Å²) in [6, 6.07) is 3.45. The SMILES string of the molecule is CNCCOc1ccc2c(n1)CN(c1cn[nH]c(=O)c1C(F)(F)F)C2. The molecule has 0 aromatic carbocycles. The zero-order valence-corrected chi connectivity index (χ0v) is 13.4. The minimum absolute atomic E-state index is 0.146. The first-order valence-corrected chi connectivity index (χ1v) is 7.56. The molecule has 3 rings (SSSR count). The smallest absolute Gasteiger partial charge is 0.423 e. The number of likely N-dealkylation sites (N-methyl/N-ethyl adjacent to an activating group) is 1. The fraction of sp³-hybridized carbons (Fsp3) is 0.400. The Balaban J connectivity index is 1.85. The van der Waals surface area contributed by atoms with Crippen molar-refractivity contribution >= 4 is 5.69 Å². The van der Waals surface area contributed by atoms with Crippen molar-refractivity contribution in [3.63, 3.8) is 0 Å². The van der Waals surface area contributed by atoms with Crippen LogP contribution in [0, 0.1) is 0 Å². The summed E-state index contributed by atoms with van der Waals surface area (Å²) in [4.78, 5) is 17.4. The minimum atomic E-state index is -4.77. The van der Waals surface area contributed by atoms with Crippen molar-refractivity contribution < 1.29 is 17.9 Å². The molecule has 134 valence electrons. The maximum atomic E-state index is 13.2. The zero-order valence-electron chi connectivity index (χ0n) is 13.4. The van der Waals surface area contributed by atoms with E-state index in [1.54, 1.807) is 19.2 Å². The molecule has 1 aliphatic rings. The topological polar surface area (TPSA) is 83.1 Å². The van der Waals surface area contributed by atoms with Crippen molar-refractivity contribution in [1.29, 1.82) is 0 Å². The van der Waals surface area contributed by atoms with Crippen molar-refractivity contribution in [2.75, 3.05) is 25.1 Å². The third kappa shape index (κ3) is 3.58. The molecule has 0 fully saturated rings. The number of halogens is 3. The summed E-state index contributed by atoms with van der Waals surface area (Å²) in [7, 11) is 1.80. The molecule has 0 amide bonds. The second kappa shape index (κ2) is 6.71. The minimum Gasteiger partial charge on any atom is -0.476 e. The Bertz CT molecular complexity index is 822. The van der Waals surface area contributed by atoms with E-state index in [0.29, 0.717) is 24.7 Å².